The third kappa shape index (κ3) is 4.31. The van der Waals surface area contributed by atoms with E-state index in [0.29, 0.717) is 30.5 Å². The monoisotopic (exact) mass is 301 g/mol. The lowest BCUT2D eigenvalue weighted by molar-refractivity contribution is 0.305. The summed E-state index contributed by atoms with van der Waals surface area (Å²) in [5.74, 6) is 1.85. The highest BCUT2D eigenvalue weighted by Crippen LogP contribution is 2.27. The van der Waals surface area contributed by atoms with E-state index < -0.39 is 0 Å². The summed E-state index contributed by atoms with van der Waals surface area (Å²) in [5, 5.41) is 3.26. The minimum absolute atomic E-state index is 0.461. The summed E-state index contributed by atoms with van der Waals surface area (Å²) in [4.78, 5) is 12.9. The quantitative estimate of drug-likeness (QED) is 0.779. The molecule has 3 N–H and O–H groups in total. The molecule has 0 amide bonds. The third-order valence-electron chi connectivity index (χ3n) is 3.08. The van der Waals surface area contributed by atoms with Crippen molar-refractivity contribution in [3.63, 3.8) is 0 Å². The molecule has 0 atom stereocenters. The van der Waals surface area contributed by atoms with E-state index >= 15 is 0 Å². The molecule has 2 aromatic rings. The predicted molar refractivity (Wildman–Crippen MR) is 87.8 cm³/mol. The van der Waals surface area contributed by atoms with Gasteiger partial charge in [-0.15, -0.1) is 0 Å². The molecule has 2 heterocycles. The van der Waals surface area contributed by atoms with Crippen LogP contribution in [0, 0.1) is 0 Å². The molecule has 2 rings (SSSR count). The number of rotatable bonds is 8. The number of hydrogen-bond acceptors (Lipinski definition) is 6. The lowest BCUT2D eigenvalue weighted by Gasteiger charge is -2.14. The van der Waals surface area contributed by atoms with Crippen molar-refractivity contribution in [3.8, 4) is 5.88 Å². The number of pyridine rings is 1. The minimum Gasteiger partial charge on any atom is -0.476 e. The number of anilines is 2. The standard InChI is InChI=1S/C16H23N5O/c1-3-5-13-20-15(14(17)16(21-13)22-10-4-2)19-11-12-6-8-18-9-7-12/h6-9H,3-5,10-11,17H2,1-2H3,(H,19,20,21). The van der Waals surface area contributed by atoms with Gasteiger partial charge < -0.3 is 15.8 Å². The van der Waals surface area contributed by atoms with Crippen LogP contribution in [0.4, 0.5) is 11.5 Å². The highest BCUT2D eigenvalue weighted by Gasteiger charge is 2.12. The fourth-order valence-corrected chi connectivity index (χ4v) is 1.96. The molecule has 0 unspecified atom stereocenters. The van der Waals surface area contributed by atoms with Crippen LogP contribution in [-0.2, 0) is 13.0 Å². The molecule has 2 aromatic heterocycles. The van der Waals surface area contributed by atoms with Crippen LogP contribution >= 0.6 is 0 Å². The van der Waals surface area contributed by atoms with Gasteiger partial charge in [-0.25, -0.2) is 4.98 Å². The first-order valence-electron chi connectivity index (χ1n) is 7.66. The van der Waals surface area contributed by atoms with Gasteiger partial charge in [0.15, 0.2) is 5.82 Å². The normalized spacial score (nSPS) is 10.5. The van der Waals surface area contributed by atoms with Crippen molar-refractivity contribution in [3.05, 3.63) is 35.9 Å². The van der Waals surface area contributed by atoms with E-state index in [4.69, 9.17) is 10.5 Å². The number of nitrogens with two attached hydrogens (primary N) is 1. The molecule has 6 nitrogen and oxygen atoms in total. The van der Waals surface area contributed by atoms with Gasteiger partial charge in [0.2, 0.25) is 5.88 Å². The molecule has 6 heteroatoms. The van der Waals surface area contributed by atoms with E-state index in [9.17, 15) is 0 Å². The van der Waals surface area contributed by atoms with E-state index in [2.05, 4.69) is 27.2 Å². The number of nitrogens with one attached hydrogen (secondary N) is 1. The molecule has 0 saturated heterocycles. The number of aryl methyl sites for hydroxylation is 1. The number of aromatic nitrogens is 3. The molecule has 0 spiro atoms. The van der Waals surface area contributed by atoms with Gasteiger partial charge in [0.05, 0.1) is 6.61 Å². The summed E-state index contributed by atoms with van der Waals surface area (Å²) < 4.78 is 5.64. The van der Waals surface area contributed by atoms with Crippen molar-refractivity contribution < 1.29 is 4.74 Å². The lowest BCUT2D eigenvalue weighted by atomic mass is 10.2. The van der Waals surface area contributed by atoms with Crippen molar-refractivity contribution in [1.29, 1.82) is 0 Å². The van der Waals surface area contributed by atoms with E-state index in [0.717, 1.165) is 30.7 Å². The van der Waals surface area contributed by atoms with Crippen LogP contribution in [-0.4, -0.2) is 21.6 Å². The SMILES string of the molecule is CCCOc1nc(CCC)nc(NCc2ccncc2)c1N. The first kappa shape index (κ1) is 16.0. The van der Waals surface area contributed by atoms with Crippen LogP contribution in [0.25, 0.3) is 0 Å². The van der Waals surface area contributed by atoms with E-state index in [-0.39, 0.29) is 0 Å². The Balaban J connectivity index is 2.18. The Kier molecular flexibility index (Phi) is 5.94. The molecule has 0 fully saturated rings. The molecule has 0 aromatic carbocycles. The van der Waals surface area contributed by atoms with Gasteiger partial charge in [0, 0.05) is 25.4 Å². The Morgan fingerprint density at radius 2 is 1.91 bits per heavy atom. The van der Waals surface area contributed by atoms with Crippen LogP contribution in [0.3, 0.4) is 0 Å². The average molecular weight is 301 g/mol. The van der Waals surface area contributed by atoms with E-state index in [1.807, 2.05) is 19.1 Å². The maximum atomic E-state index is 6.13. The predicted octanol–water partition coefficient (Wildman–Crippen LogP) is 2.81. The largest absolute Gasteiger partial charge is 0.476 e. The molecule has 0 aliphatic rings. The lowest BCUT2D eigenvalue weighted by Crippen LogP contribution is -2.11. The molecular weight excluding hydrogens is 278 g/mol. The smallest absolute Gasteiger partial charge is 0.242 e. The minimum atomic E-state index is 0.461. The summed E-state index contributed by atoms with van der Waals surface area (Å²) in [6, 6.07) is 3.90. The summed E-state index contributed by atoms with van der Waals surface area (Å²) in [6.45, 7) is 5.36. The van der Waals surface area contributed by atoms with Crippen LogP contribution in [0.15, 0.2) is 24.5 Å². The van der Waals surface area contributed by atoms with Gasteiger partial charge >= 0.3 is 0 Å². The molecular formula is C16H23N5O. The van der Waals surface area contributed by atoms with E-state index in [1.165, 1.54) is 0 Å². The van der Waals surface area contributed by atoms with Crippen molar-refractivity contribution in [2.75, 3.05) is 17.7 Å². The molecule has 0 saturated carbocycles. The fraction of sp³-hybridized carbons (Fsp3) is 0.438. The van der Waals surface area contributed by atoms with Crippen molar-refractivity contribution in [1.82, 2.24) is 15.0 Å². The van der Waals surface area contributed by atoms with Gasteiger partial charge in [0.25, 0.3) is 0 Å². The molecule has 0 aliphatic carbocycles. The molecule has 118 valence electrons. The maximum absolute atomic E-state index is 6.13. The zero-order chi connectivity index (χ0) is 15.8. The Bertz CT molecular complexity index is 589. The van der Waals surface area contributed by atoms with Crippen molar-refractivity contribution >= 4 is 11.5 Å². The maximum Gasteiger partial charge on any atom is 0.242 e. The number of hydrogen-bond donors (Lipinski definition) is 2. The highest BCUT2D eigenvalue weighted by molar-refractivity contribution is 5.67. The molecule has 0 aliphatic heterocycles. The molecule has 0 bridgehead atoms. The van der Waals surface area contributed by atoms with Crippen LogP contribution < -0.4 is 15.8 Å². The van der Waals surface area contributed by atoms with Gasteiger partial charge in [-0.3, -0.25) is 4.98 Å². The third-order valence-corrected chi connectivity index (χ3v) is 3.08. The molecule has 0 radical (unpaired) electrons. The highest BCUT2D eigenvalue weighted by atomic mass is 16.5. The Labute approximate surface area is 131 Å². The fourth-order valence-electron chi connectivity index (χ4n) is 1.96. The summed E-state index contributed by atoms with van der Waals surface area (Å²) in [6.07, 6.45) is 6.21. The van der Waals surface area contributed by atoms with E-state index in [1.54, 1.807) is 12.4 Å². The Hall–Kier alpha value is -2.37. The van der Waals surface area contributed by atoms with Crippen LogP contribution in [0.5, 0.6) is 5.88 Å². The Morgan fingerprint density at radius 3 is 2.59 bits per heavy atom. The number of nitrogens with zero attached hydrogens (tertiary/aromatic N) is 3. The van der Waals surface area contributed by atoms with Crippen LogP contribution in [0.2, 0.25) is 0 Å². The second-order valence-corrected chi connectivity index (χ2v) is 5.01. The van der Waals surface area contributed by atoms with Crippen molar-refractivity contribution in [2.45, 2.75) is 39.7 Å². The first-order valence-corrected chi connectivity index (χ1v) is 7.66. The second kappa shape index (κ2) is 8.17. The topological polar surface area (TPSA) is 86.0 Å². The Morgan fingerprint density at radius 1 is 1.14 bits per heavy atom. The van der Waals surface area contributed by atoms with Gasteiger partial charge in [-0.1, -0.05) is 13.8 Å². The zero-order valence-electron chi connectivity index (χ0n) is 13.2. The summed E-state index contributed by atoms with van der Waals surface area (Å²) >= 11 is 0. The van der Waals surface area contributed by atoms with Gasteiger partial charge in [0.1, 0.15) is 11.5 Å². The summed E-state index contributed by atoms with van der Waals surface area (Å²) in [5.41, 5.74) is 7.70. The number of ether oxygens (including phenoxy) is 1. The second-order valence-electron chi connectivity index (χ2n) is 5.01. The molecule has 22 heavy (non-hydrogen) atoms. The van der Waals surface area contributed by atoms with Crippen molar-refractivity contribution in [2.24, 2.45) is 0 Å². The van der Waals surface area contributed by atoms with Crippen LogP contribution in [0.1, 0.15) is 38.1 Å². The average Bonchev–Trinajstić information content (AvgIpc) is 2.55. The zero-order valence-corrected chi connectivity index (χ0v) is 13.2. The van der Waals surface area contributed by atoms with Gasteiger partial charge in [-0.2, -0.15) is 4.98 Å². The first-order chi connectivity index (χ1) is 10.7. The number of nitrogen functional groups attached to an aromatic ring is 1. The van der Waals surface area contributed by atoms with Gasteiger partial charge in [-0.05, 0) is 30.5 Å². The summed E-state index contributed by atoms with van der Waals surface area (Å²) in [7, 11) is 0.